The van der Waals surface area contributed by atoms with Gasteiger partial charge in [-0.15, -0.1) is 0 Å². The van der Waals surface area contributed by atoms with Gasteiger partial charge in [-0.1, -0.05) is 58.0 Å². The maximum absolute atomic E-state index is 14.2. The Hall–Kier alpha value is -6.89. The van der Waals surface area contributed by atoms with Crippen molar-refractivity contribution in [2.75, 3.05) is 19.7 Å². The number of likely N-dealkylation sites (tertiary alicyclic amines) is 1. The Balaban J connectivity index is 2.42. The van der Waals surface area contributed by atoms with E-state index < -0.39 is 127 Å². The number of aliphatic hydroxyl groups excluding tert-OH is 1. The molecule has 8 atom stereocenters. The van der Waals surface area contributed by atoms with Gasteiger partial charge in [-0.3, -0.25) is 52.9 Å². The van der Waals surface area contributed by atoms with Gasteiger partial charge in [-0.25, -0.2) is 0 Å². The van der Waals surface area contributed by atoms with Crippen molar-refractivity contribution in [3.05, 3.63) is 35.9 Å². The zero-order valence-electron chi connectivity index (χ0n) is 39.0. The van der Waals surface area contributed by atoms with Crippen molar-refractivity contribution in [2.45, 2.75) is 134 Å². The molecule has 68 heavy (non-hydrogen) atoms. The van der Waals surface area contributed by atoms with E-state index in [0.29, 0.717) is 12.0 Å². The van der Waals surface area contributed by atoms with E-state index in [4.69, 9.17) is 34.4 Å². The third-order valence-corrected chi connectivity index (χ3v) is 10.6. The number of carbonyl (C=O) groups is 10. The van der Waals surface area contributed by atoms with Gasteiger partial charge in [0.25, 0.3) is 0 Å². The molecule has 0 aliphatic carbocycles. The fraction of sp³-hybridized carbons (Fsp3) is 0.605. The Labute approximate surface area is 394 Å². The molecule has 1 aromatic carbocycles. The number of nitrogens with two attached hydrogens (primary N) is 6. The van der Waals surface area contributed by atoms with Crippen LogP contribution in [0.3, 0.4) is 0 Å². The molecule has 0 saturated carbocycles. The molecule has 378 valence electrons. The third kappa shape index (κ3) is 19.9. The first kappa shape index (κ1) is 57.2. The number of amides is 10. The normalized spacial score (nSPS) is 16.4. The molecule has 10 amide bonds. The topological polar surface area (TPSA) is 435 Å². The molecule has 1 aliphatic rings. The van der Waals surface area contributed by atoms with Crippen LogP contribution in [0, 0.1) is 11.8 Å². The number of guanidine groups is 1. The fourth-order valence-corrected chi connectivity index (χ4v) is 7.28. The van der Waals surface area contributed by atoms with E-state index in [-0.39, 0.29) is 69.4 Å². The minimum Gasteiger partial charge on any atom is -0.394 e. The molecule has 0 unspecified atom stereocenters. The van der Waals surface area contributed by atoms with Crippen LogP contribution in [0.15, 0.2) is 35.3 Å². The number of carbonyl (C=O) groups excluding carboxylic acids is 10. The van der Waals surface area contributed by atoms with Crippen LogP contribution in [0.25, 0.3) is 0 Å². The SMILES string of the molecule is CC(C)C[C@H](NC(=O)[C@H](CC(C)C)NC(=O)[C@H](Cc1ccccc1)NC(=O)[C@@H](N)CO)C(=O)N[C@@H](CCCN=C(N)N)C(=O)N[C@@H](CC(N)=O)C(=O)N1CCC[C@H]1C(=O)N[C@@H](CC(N)=O)C(N)=O. The summed E-state index contributed by atoms with van der Waals surface area (Å²) in [6.45, 7) is 6.50. The molecule has 1 heterocycles. The second-order valence-corrected chi connectivity index (χ2v) is 17.5. The molecule has 19 N–H and O–H groups in total. The van der Waals surface area contributed by atoms with Crippen LogP contribution in [0.5, 0.6) is 0 Å². The maximum atomic E-state index is 14.2. The number of hydrogen-bond donors (Lipinski definition) is 13. The van der Waals surface area contributed by atoms with Crippen LogP contribution in [0.1, 0.15) is 84.6 Å². The average Bonchev–Trinajstić information content (AvgIpc) is 3.75. The summed E-state index contributed by atoms with van der Waals surface area (Å²) < 4.78 is 0. The van der Waals surface area contributed by atoms with Gasteiger partial charge in [0.05, 0.1) is 19.4 Å². The summed E-state index contributed by atoms with van der Waals surface area (Å²) in [6, 6.07) is -2.11. The monoisotopic (exact) mass is 959 g/mol. The summed E-state index contributed by atoms with van der Waals surface area (Å²) in [6.07, 6.45) is -0.788. The van der Waals surface area contributed by atoms with Crippen LogP contribution in [-0.2, 0) is 54.4 Å². The van der Waals surface area contributed by atoms with E-state index in [9.17, 15) is 53.1 Å². The van der Waals surface area contributed by atoms with Crippen molar-refractivity contribution in [2.24, 2.45) is 51.2 Å². The number of aliphatic imine (C=N–C) groups is 1. The molecule has 25 heteroatoms. The van der Waals surface area contributed by atoms with Crippen molar-refractivity contribution in [1.82, 2.24) is 36.8 Å². The highest BCUT2D eigenvalue weighted by Crippen LogP contribution is 2.20. The van der Waals surface area contributed by atoms with Gasteiger partial charge in [0.15, 0.2) is 5.96 Å². The lowest BCUT2D eigenvalue weighted by Gasteiger charge is -2.30. The van der Waals surface area contributed by atoms with Crippen molar-refractivity contribution in [1.29, 1.82) is 0 Å². The molecule has 1 fully saturated rings. The highest BCUT2D eigenvalue weighted by Gasteiger charge is 2.40. The summed E-state index contributed by atoms with van der Waals surface area (Å²) >= 11 is 0. The number of aliphatic hydroxyl groups is 1. The number of nitrogens with zero attached hydrogens (tertiary/aromatic N) is 2. The molecule has 2 rings (SSSR count). The Bertz CT molecular complexity index is 1960. The predicted molar refractivity (Wildman–Crippen MR) is 247 cm³/mol. The van der Waals surface area contributed by atoms with E-state index >= 15 is 0 Å². The van der Waals surface area contributed by atoms with Gasteiger partial charge in [0.2, 0.25) is 59.1 Å². The lowest BCUT2D eigenvalue weighted by molar-refractivity contribution is -0.143. The van der Waals surface area contributed by atoms with Gasteiger partial charge in [-0.05, 0) is 55.9 Å². The molecule has 1 aromatic rings. The largest absolute Gasteiger partial charge is 0.394 e. The van der Waals surface area contributed by atoms with E-state index in [1.54, 1.807) is 58.0 Å². The number of primary amides is 3. The van der Waals surface area contributed by atoms with E-state index in [2.05, 4.69) is 36.9 Å². The van der Waals surface area contributed by atoms with Crippen LogP contribution in [0.2, 0.25) is 0 Å². The smallest absolute Gasteiger partial charge is 0.246 e. The molecule has 0 bridgehead atoms. The van der Waals surface area contributed by atoms with Crippen molar-refractivity contribution >= 4 is 65.0 Å². The first-order valence-electron chi connectivity index (χ1n) is 22.4. The average molecular weight is 959 g/mol. The van der Waals surface area contributed by atoms with Gasteiger partial charge in [0.1, 0.15) is 48.3 Å². The number of rotatable bonds is 29. The second-order valence-electron chi connectivity index (χ2n) is 17.5. The molecule has 0 radical (unpaired) electrons. The lowest BCUT2D eigenvalue weighted by atomic mass is 9.98. The lowest BCUT2D eigenvalue weighted by Crippen LogP contribution is -2.60. The number of nitrogens with one attached hydrogen (secondary N) is 6. The van der Waals surface area contributed by atoms with Gasteiger partial charge in [0, 0.05) is 19.5 Å². The van der Waals surface area contributed by atoms with Gasteiger partial charge >= 0.3 is 0 Å². The van der Waals surface area contributed by atoms with E-state index in [1.165, 1.54) is 0 Å². The standard InChI is InChI=1S/C43H70N14O11/c1-22(2)16-28(54-39(65)29(17-23(3)4)55-40(66)30(53-36(62)25(44)21-58)18-24-10-6-5-7-11-24)38(64)51-26(12-8-14-50-43(48)49)37(63)56-31(20-34(46)60)42(68)57-15-9-13-32(57)41(67)52-27(35(47)61)19-33(45)59/h5-7,10-11,22-23,25-32,58H,8-9,12-21,44H2,1-4H3,(H2,45,59)(H2,46,60)(H2,47,61)(H,51,64)(H,52,67)(H,53,62)(H,54,65)(H,55,66)(H,56,63)(H4,48,49,50)/t25-,26-,27-,28-,29-,30-,31-,32-/m0/s1. The molecule has 25 nitrogen and oxygen atoms in total. The summed E-state index contributed by atoms with van der Waals surface area (Å²) in [5.41, 5.74) is 33.4. The summed E-state index contributed by atoms with van der Waals surface area (Å²) in [7, 11) is 0. The number of benzene rings is 1. The van der Waals surface area contributed by atoms with Crippen LogP contribution < -0.4 is 66.3 Å². The molecular formula is C43H70N14O11. The molecule has 0 spiro atoms. The fourth-order valence-electron chi connectivity index (χ4n) is 7.28. The Kier molecular flexibility index (Phi) is 23.8. The van der Waals surface area contributed by atoms with E-state index in [0.717, 1.165) is 4.90 Å². The Morgan fingerprint density at radius 3 is 1.65 bits per heavy atom. The quantitative estimate of drug-likeness (QED) is 0.0203. The minimum absolute atomic E-state index is 0.00712. The summed E-state index contributed by atoms with van der Waals surface area (Å²) in [5.74, 6) is -9.41. The number of hydrogen-bond acceptors (Lipinski definition) is 13. The highest BCUT2D eigenvalue weighted by atomic mass is 16.3. The van der Waals surface area contributed by atoms with Gasteiger partial charge in [-0.2, -0.15) is 0 Å². The maximum Gasteiger partial charge on any atom is 0.246 e. The zero-order valence-corrected chi connectivity index (χ0v) is 39.0. The second kappa shape index (κ2) is 28.3. The van der Waals surface area contributed by atoms with Crippen LogP contribution in [0.4, 0.5) is 0 Å². The zero-order chi connectivity index (χ0) is 51.2. The molecule has 1 saturated heterocycles. The highest BCUT2D eigenvalue weighted by molar-refractivity contribution is 5.99. The Morgan fingerprint density at radius 1 is 0.662 bits per heavy atom. The van der Waals surface area contributed by atoms with Crippen LogP contribution >= 0.6 is 0 Å². The van der Waals surface area contributed by atoms with Crippen molar-refractivity contribution in [3.63, 3.8) is 0 Å². The first-order chi connectivity index (χ1) is 31.9. The van der Waals surface area contributed by atoms with E-state index in [1.807, 2.05) is 0 Å². The van der Waals surface area contributed by atoms with Crippen molar-refractivity contribution in [3.8, 4) is 0 Å². The first-order valence-corrected chi connectivity index (χ1v) is 22.4. The molecule has 1 aliphatic heterocycles. The summed E-state index contributed by atoms with van der Waals surface area (Å²) in [5, 5.41) is 24.8. The molecule has 0 aromatic heterocycles. The van der Waals surface area contributed by atoms with Gasteiger partial charge < -0.3 is 76.3 Å². The Morgan fingerprint density at radius 2 is 1.15 bits per heavy atom. The van der Waals surface area contributed by atoms with Crippen molar-refractivity contribution < 1.29 is 53.1 Å². The molecular weight excluding hydrogens is 889 g/mol. The minimum atomic E-state index is -1.65. The third-order valence-electron chi connectivity index (χ3n) is 10.6. The van der Waals surface area contributed by atoms with Crippen LogP contribution in [-0.4, -0.2) is 143 Å². The summed E-state index contributed by atoms with van der Waals surface area (Å²) in [4.78, 5) is 137. The predicted octanol–water partition coefficient (Wildman–Crippen LogP) is -5.17.